The van der Waals surface area contributed by atoms with Crippen molar-refractivity contribution in [1.29, 1.82) is 0 Å². The van der Waals surface area contributed by atoms with E-state index < -0.39 is 0 Å². The first-order valence-corrected chi connectivity index (χ1v) is 11.9. The van der Waals surface area contributed by atoms with E-state index in [1.165, 1.54) is 5.56 Å². The lowest BCUT2D eigenvalue weighted by Crippen LogP contribution is -2.37. The highest BCUT2D eigenvalue weighted by Gasteiger charge is 2.31. The number of anilines is 2. The predicted molar refractivity (Wildman–Crippen MR) is 138 cm³/mol. The Balaban J connectivity index is 1.33. The fourth-order valence-corrected chi connectivity index (χ4v) is 4.69. The van der Waals surface area contributed by atoms with Crippen LogP contribution < -0.4 is 15.1 Å². The summed E-state index contributed by atoms with van der Waals surface area (Å²) in [5.41, 5.74) is 7.79. The molecule has 2 aliphatic rings. The molecule has 0 saturated carbocycles. The van der Waals surface area contributed by atoms with E-state index in [0.717, 1.165) is 53.5 Å². The number of nitrogens with zero attached hydrogens (tertiary/aromatic N) is 5. The molecule has 2 aliphatic heterocycles. The smallest absolute Gasteiger partial charge is 0.160 e. The Kier molecular flexibility index (Phi) is 5.37. The zero-order chi connectivity index (χ0) is 23.8. The number of hydrogen-bond donors (Lipinski definition) is 1. The number of hydrazone groups is 1. The largest absolute Gasteiger partial charge is 0.487 e. The maximum atomic E-state index is 6.16. The van der Waals surface area contributed by atoms with Gasteiger partial charge in [0.1, 0.15) is 17.2 Å². The molecule has 0 unspecified atom stereocenters. The maximum Gasteiger partial charge on any atom is 0.160 e. The molecule has 1 saturated heterocycles. The third-order valence-electron chi connectivity index (χ3n) is 6.32. The monoisotopic (exact) mass is 468 g/mol. The minimum absolute atomic E-state index is 0.197. The summed E-state index contributed by atoms with van der Waals surface area (Å²) in [5.74, 6) is 2.52. The maximum absolute atomic E-state index is 6.16. The van der Waals surface area contributed by atoms with Gasteiger partial charge in [0.15, 0.2) is 11.5 Å². The second kappa shape index (κ2) is 8.70. The van der Waals surface area contributed by atoms with Crippen molar-refractivity contribution in [2.24, 2.45) is 5.10 Å². The molecule has 1 N–H and O–H groups in total. The van der Waals surface area contributed by atoms with E-state index in [2.05, 4.69) is 47.5 Å². The molecule has 0 atom stereocenters. The van der Waals surface area contributed by atoms with E-state index in [1.807, 2.05) is 47.0 Å². The van der Waals surface area contributed by atoms with Crippen molar-refractivity contribution in [1.82, 2.24) is 14.6 Å². The molecule has 2 aromatic carbocycles. The van der Waals surface area contributed by atoms with Gasteiger partial charge in [-0.25, -0.2) is 4.98 Å². The molecule has 8 heteroatoms. The van der Waals surface area contributed by atoms with Crippen LogP contribution in [0.15, 0.2) is 65.8 Å². The number of ether oxygens (including phenoxy) is 2. The normalized spacial score (nSPS) is 17.0. The van der Waals surface area contributed by atoms with Crippen molar-refractivity contribution in [3.05, 3.63) is 71.8 Å². The summed E-state index contributed by atoms with van der Waals surface area (Å²) in [6.45, 7) is 7.18. The van der Waals surface area contributed by atoms with Gasteiger partial charge in [-0.3, -0.25) is 5.43 Å². The minimum Gasteiger partial charge on any atom is -0.487 e. The van der Waals surface area contributed by atoms with Crippen LogP contribution in [0.25, 0.3) is 16.9 Å². The average Bonchev–Trinajstić information content (AvgIpc) is 3.44. The summed E-state index contributed by atoms with van der Waals surface area (Å²) in [5, 5.41) is 9.37. The summed E-state index contributed by atoms with van der Waals surface area (Å²) >= 11 is 0. The highest BCUT2D eigenvalue weighted by atomic mass is 16.5. The highest BCUT2D eigenvalue weighted by Crippen LogP contribution is 2.36. The van der Waals surface area contributed by atoms with Crippen LogP contribution in [0, 0.1) is 0 Å². The quantitative estimate of drug-likeness (QED) is 0.346. The first kappa shape index (κ1) is 21.6. The summed E-state index contributed by atoms with van der Waals surface area (Å²) < 4.78 is 13.6. The molecule has 0 aliphatic carbocycles. The van der Waals surface area contributed by atoms with Crippen molar-refractivity contribution in [2.45, 2.75) is 25.9 Å². The van der Waals surface area contributed by atoms with Crippen LogP contribution >= 0.6 is 0 Å². The number of benzene rings is 2. The fraction of sp³-hybridized carbons (Fsp3) is 0.296. The highest BCUT2D eigenvalue weighted by molar-refractivity contribution is 5.85. The Labute approximate surface area is 204 Å². The number of rotatable bonds is 5. The van der Waals surface area contributed by atoms with Crippen LogP contribution in [0.3, 0.4) is 0 Å². The van der Waals surface area contributed by atoms with Gasteiger partial charge in [-0.15, -0.1) is 0 Å². The van der Waals surface area contributed by atoms with E-state index >= 15 is 0 Å². The number of morpholine rings is 1. The number of aromatic nitrogens is 3. The van der Waals surface area contributed by atoms with E-state index in [1.54, 1.807) is 6.21 Å². The number of nitrogens with one attached hydrogen (secondary N) is 1. The lowest BCUT2D eigenvalue weighted by Gasteiger charge is -2.29. The Bertz CT molecular complexity index is 1390. The Hall–Kier alpha value is -3.91. The zero-order valence-corrected chi connectivity index (χ0v) is 19.9. The van der Waals surface area contributed by atoms with Crippen molar-refractivity contribution >= 4 is 23.5 Å². The van der Waals surface area contributed by atoms with Gasteiger partial charge < -0.3 is 14.4 Å². The first-order valence-electron chi connectivity index (χ1n) is 11.9. The van der Waals surface area contributed by atoms with Gasteiger partial charge in [0.25, 0.3) is 0 Å². The van der Waals surface area contributed by atoms with Crippen LogP contribution in [-0.2, 0) is 11.2 Å². The van der Waals surface area contributed by atoms with Crippen LogP contribution in [0.2, 0.25) is 0 Å². The van der Waals surface area contributed by atoms with Crippen LogP contribution in [-0.4, -0.2) is 52.7 Å². The molecule has 6 rings (SSSR count). The predicted octanol–water partition coefficient (Wildman–Crippen LogP) is 4.39. The van der Waals surface area contributed by atoms with Crippen molar-refractivity contribution < 1.29 is 9.47 Å². The van der Waals surface area contributed by atoms with Gasteiger partial charge in [0, 0.05) is 42.8 Å². The van der Waals surface area contributed by atoms with E-state index in [4.69, 9.17) is 19.6 Å². The molecule has 2 aromatic heterocycles. The van der Waals surface area contributed by atoms with Gasteiger partial charge in [-0.2, -0.15) is 14.7 Å². The summed E-state index contributed by atoms with van der Waals surface area (Å²) in [6, 6.07) is 20.3. The summed E-state index contributed by atoms with van der Waals surface area (Å²) in [4.78, 5) is 7.06. The van der Waals surface area contributed by atoms with Crippen molar-refractivity contribution in [3.8, 4) is 17.0 Å². The third kappa shape index (κ3) is 4.33. The van der Waals surface area contributed by atoms with E-state index in [9.17, 15) is 0 Å². The molecule has 8 nitrogen and oxygen atoms in total. The van der Waals surface area contributed by atoms with E-state index in [0.29, 0.717) is 19.0 Å². The van der Waals surface area contributed by atoms with Crippen molar-refractivity contribution in [2.75, 3.05) is 36.6 Å². The Morgan fingerprint density at radius 1 is 1.03 bits per heavy atom. The van der Waals surface area contributed by atoms with Gasteiger partial charge in [-0.1, -0.05) is 42.5 Å². The molecule has 35 heavy (non-hydrogen) atoms. The molecule has 1 fully saturated rings. The van der Waals surface area contributed by atoms with Crippen LogP contribution in [0.5, 0.6) is 5.75 Å². The molecule has 4 aromatic rings. The second-order valence-electron chi connectivity index (χ2n) is 9.51. The molecule has 4 heterocycles. The Morgan fingerprint density at radius 2 is 1.86 bits per heavy atom. The summed E-state index contributed by atoms with van der Waals surface area (Å²) in [6.07, 6.45) is 2.69. The third-order valence-corrected chi connectivity index (χ3v) is 6.32. The standard InChI is InChI=1S/C27H28N6O2/c1-27(2)17-20-9-6-10-21(26(20)35-27)18-28-30-23-16-25(32-11-13-34-14-12-32)33-24(29-23)15-22(31-33)19-7-4-3-5-8-19/h3-10,15-16,18H,11-14,17H2,1-2H3,(H,29,30)/b28-18+. The minimum atomic E-state index is -0.197. The molecule has 178 valence electrons. The SMILES string of the molecule is CC1(C)Cc2cccc(/C=N/Nc3cc(N4CCOCC4)n4nc(-c5ccccc5)cc4n3)c2O1. The Morgan fingerprint density at radius 3 is 2.69 bits per heavy atom. The topological polar surface area (TPSA) is 76.3 Å². The van der Waals surface area contributed by atoms with Gasteiger partial charge in [-0.05, 0) is 25.5 Å². The fourth-order valence-electron chi connectivity index (χ4n) is 4.69. The lowest BCUT2D eigenvalue weighted by atomic mass is 10.0. The van der Waals surface area contributed by atoms with E-state index in [-0.39, 0.29) is 5.60 Å². The summed E-state index contributed by atoms with van der Waals surface area (Å²) in [7, 11) is 0. The zero-order valence-electron chi connectivity index (χ0n) is 19.9. The van der Waals surface area contributed by atoms with Gasteiger partial charge in [0.2, 0.25) is 0 Å². The second-order valence-corrected chi connectivity index (χ2v) is 9.51. The molecule has 0 spiro atoms. The average molecular weight is 469 g/mol. The van der Waals surface area contributed by atoms with Gasteiger partial charge in [0.05, 0.1) is 25.1 Å². The van der Waals surface area contributed by atoms with Gasteiger partial charge >= 0.3 is 0 Å². The lowest BCUT2D eigenvalue weighted by molar-refractivity contribution is 0.122. The number of fused-ring (bicyclic) bond motifs is 2. The first-order chi connectivity index (χ1) is 17.1. The number of para-hydroxylation sites is 1. The van der Waals surface area contributed by atoms with Crippen LogP contribution in [0.1, 0.15) is 25.0 Å². The van der Waals surface area contributed by atoms with Crippen LogP contribution in [0.4, 0.5) is 11.6 Å². The number of hydrogen-bond acceptors (Lipinski definition) is 7. The molecule has 0 radical (unpaired) electrons. The molecule has 0 bridgehead atoms. The van der Waals surface area contributed by atoms with Crippen molar-refractivity contribution in [3.63, 3.8) is 0 Å². The molecular formula is C27H28N6O2. The molecular weight excluding hydrogens is 440 g/mol. The molecule has 0 amide bonds.